The minimum absolute atomic E-state index is 0.221. The van der Waals surface area contributed by atoms with Gasteiger partial charge in [-0.05, 0) is 44.5 Å². The first kappa shape index (κ1) is 17.1. The molecule has 1 N–H and O–H groups in total. The second-order valence-corrected chi connectivity index (χ2v) is 7.02. The highest BCUT2D eigenvalue weighted by Gasteiger charge is 2.26. The molecule has 0 radical (unpaired) electrons. The van der Waals surface area contributed by atoms with Gasteiger partial charge in [-0.2, -0.15) is 4.31 Å². The van der Waals surface area contributed by atoms with E-state index >= 15 is 0 Å². The largest absolute Gasteiger partial charge is 0.313 e. The van der Waals surface area contributed by atoms with Gasteiger partial charge in [-0.15, -0.1) is 0 Å². The van der Waals surface area contributed by atoms with Crippen molar-refractivity contribution < 1.29 is 12.8 Å². The fraction of sp³-hybridized carbons (Fsp3) is 0.571. The molecule has 1 rings (SSSR count). The van der Waals surface area contributed by atoms with E-state index in [4.69, 9.17) is 0 Å². The average molecular weight is 302 g/mol. The van der Waals surface area contributed by atoms with Crippen LogP contribution >= 0.6 is 0 Å². The molecule has 0 saturated heterocycles. The van der Waals surface area contributed by atoms with E-state index in [2.05, 4.69) is 5.32 Å². The van der Waals surface area contributed by atoms with Gasteiger partial charge in [0.2, 0.25) is 10.0 Å². The summed E-state index contributed by atoms with van der Waals surface area (Å²) >= 11 is 0. The van der Waals surface area contributed by atoms with Crippen LogP contribution < -0.4 is 5.32 Å². The summed E-state index contributed by atoms with van der Waals surface area (Å²) in [5.74, 6) is -0.711. The van der Waals surface area contributed by atoms with Crippen molar-refractivity contribution in [1.82, 2.24) is 9.62 Å². The first-order valence-electron chi connectivity index (χ1n) is 6.77. The van der Waals surface area contributed by atoms with Gasteiger partial charge in [-0.25, -0.2) is 12.8 Å². The van der Waals surface area contributed by atoms with E-state index in [1.807, 2.05) is 6.92 Å². The SMILES string of the molecule is CCCNCc1ccc(F)c(S(=O)(=O)N(C)C(C)C)c1. The molecule has 0 spiro atoms. The van der Waals surface area contributed by atoms with Gasteiger partial charge in [0.05, 0.1) is 0 Å². The van der Waals surface area contributed by atoms with E-state index in [0.29, 0.717) is 6.54 Å². The Labute approximate surface area is 121 Å². The van der Waals surface area contributed by atoms with Crippen molar-refractivity contribution >= 4 is 10.0 Å². The van der Waals surface area contributed by atoms with Crippen molar-refractivity contribution in [2.24, 2.45) is 0 Å². The van der Waals surface area contributed by atoms with E-state index in [-0.39, 0.29) is 10.9 Å². The lowest BCUT2D eigenvalue weighted by Crippen LogP contribution is -2.33. The van der Waals surface area contributed by atoms with Gasteiger partial charge in [0.15, 0.2) is 0 Å². The number of nitrogens with one attached hydrogen (secondary N) is 1. The summed E-state index contributed by atoms with van der Waals surface area (Å²) in [5.41, 5.74) is 0.760. The normalized spacial score (nSPS) is 12.3. The van der Waals surface area contributed by atoms with E-state index in [1.54, 1.807) is 19.9 Å². The fourth-order valence-electron chi connectivity index (χ4n) is 1.70. The minimum Gasteiger partial charge on any atom is -0.313 e. The molecule has 114 valence electrons. The van der Waals surface area contributed by atoms with Crippen LogP contribution in [0, 0.1) is 5.82 Å². The van der Waals surface area contributed by atoms with Crippen molar-refractivity contribution in [3.05, 3.63) is 29.6 Å². The molecule has 0 unspecified atom stereocenters. The summed E-state index contributed by atoms with van der Waals surface area (Å²) in [4.78, 5) is -0.260. The van der Waals surface area contributed by atoms with Crippen LogP contribution in [0.1, 0.15) is 32.8 Å². The number of halogens is 1. The van der Waals surface area contributed by atoms with Crippen molar-refractivity contribution in [2.75, 3.05) is 13.6 Å². The van der Waals surface area contributed by atoms with E-state index < -0.39 is 15.8 Å². The molecule has 0 aliphatic carbocycles. The van der Waals surface area contributed by atoms with E-state index in [0.717, 1.165) is 18.5 Å². The average Bonchev–Trinajstić information content (AvgIpc) is 2.39. The van der Waals surface area contributed by atoms with Crippen molar-refractivity contribution in [2.45, 2.75) is 44.7 Å². The summed E-state index contributed by atoms with van der Waals surface area (Å²) in [6.07, 6.45) is 0.989. The van der Waals surface area contributed by atoms with Crippen LogP contribution in [0.5, 0.6) is 0 Å². The van der Waals surface area contributed by atoms with Crippen LogP contribution in [0.4, 0.5) is 4.39 Å². The third-order valence-electron chi connectivity index (χ3n) is 3.14. The van der Waals surface area contributed by atoms with Gasteiger partial charge in [0.25, 0.3) is 0 Å². The van der Waals surface area contributed by atoms with Gasteiger partial charge in [0, 0.05) is 19.6 Å². The van der Waals surface area contributed by atoms with Crippen LogP contribution in [0.3, 0.4) is 0 Å². The first-order chi connectivity index (χ1) is 9.30. The number of hydrogen-bond donors (Lipinski definition) is 1. The predicted molar refractivity (Wildman–Crippen MR) is 78.5 cm³/mol. The van der Waals surface area contributed by atoms with Gasteiger partial charge in [-0.3, -0.25) is 0 Å². The molecule has 0 aromatic heterocycles. The summed E-state index contributed by atoms with van der Waals surface area (Å²) in [5, 5.41) is 3.17. The Morgan fingerprint density at radius 3 is 2.55 bits per heavy atom. The predicted octanol–water partition coefficient (Wildman–Crippen LogP) is 2.35. The maximum absolute atomic E-state index is 13.9. The molecule has 6 heteroatoms. The van der Waals surface area contributed by atoms with Crippen molar-refractivity contribution in [1.29, 1.82) is 0 Å². The molecule has 1 aromatic rings. The quantitative estimate of drug-likeness (QED) is 0.787. The van der Waals surface area contributed by atoms with Gasteiger partial charge in [0.1, 0.15) is 10.7 Å². The molecule has 0 bridgehead atoms. The second-order valence-electron chi connectivity index (χ2n) is 5.06. The number of hydrogen-bond acceptors (Lipinski definition) is 3. The van der Waals surface area contributed by atoms with E-state index in [1.165, 1.54) is 23.5 Å². The lowest BCUT2D eigenvalue weighted by Gasteiger charge is -2.21. The molecule has 4 nitrogen and oxygen atoms in total. The van der Waals surface area contributed by atoms with Crippen LogP contribution in [-0.2, 0) is 16.6 Å². The Morgan fingerprint density at radius 2 is 2.00 bits per heavy atom. The zero-order valence-electron chi connectivity index (χ0n) is 12.5. The number of sulfonamides is 1. The molecule has 0 fully saturated rings. The molecular formula is C14H23FN2O2S. The molecule has 0 amide bonds. The van der Waals surface area contributed by atoms with Gasteiger partial charge >= 0.3 is 0 Å². The van der Waals surface area contributed by atoms with Crippen LogP contribution in [0.2, 0.25) is 0 Å². The van der Waals surface area contributed by atoms with Gasteiger partial charge in [-0.1, -0.05) is 13.0 Å². The molecule has 0 atom stereocenters. The third kappa shape index (κ3) is 4.01. The molecule has 0 aliphatic rings. The lowest BCUT2D eigenvalue weighted by atomic mass is 10.2. The Bertz CT molecular complexity index is 544. The maximum atomic E-state index is 13.9. The minimum atomic E-state index is -3.79. The lowest BCUT2D eigenvalue weighted by molar-refractivity contribution is 0.407. The zero-order valence-corrected chi connectivity index (χ0v) is 13.3. The van der Waals surface area contributed by atoms with Crippen LogP contribution in [-0.4, -0.2) is 32.4 Å². The zero-order chi connectivity index (χ0) is 15.3. The van der Waals surface area contributed by atoms with Gasteiger partial charge < -0.3 is 5.32 Å². The molecule has 1 aromatic carbocycles. The van der Waals surface area contributed by atoms with Crippen molar-refractivity contribution in [3.8, 4) is 0 Å². The molecular weight excluding hydrogens is 279 g/mol. The summed E-state index contributed by atoms with van der Waals surface area (Å²) in [7, 11) is -2.33. The van der Waals surface area contributed by atoms with Crippen LogP contribution in [0.15, 0.2) is 23.1 Å². The Balaban J connectivity index is 3.08. The highest BCUT2D eigenvalue weighted by molar-refractivity contribution is 7.89. The summed E-state index contributed by atoms with van der Waals surface area (Å²) in [6, 6.07) is 4.00. The molecule has 0 aliphatic heterocycles. The molecule has 20 heavy (non-hydrogen) atoms. The highest BCUT2D eigenvalue weighted by Crippen LogP contribution is 2.21. The topological polar surface area (TPSA) is 49.4 Å². The highest BCUT2D eigenvalue weighted by atomic mass is 32.2. The standard InChI is InChI=1S/C14H23FN2O2S/c1-5-8-16-10-12-6-7-13(15)14(9-12)20(18,19)17(4)11(2)3/h6-7,9,11,16H,5,8,10H2,1-4H3. The van der Waals surface area contributed by atoms with Crippen LogP contribution in [0.25, 0.3) is 0 Å². The summed E-state index contributed by atoms with van der Waals surface area (Å²) < 4.78 is 39.7. The van der Waals surface area contributed by atoms with Crippen molar-refractivity contribution in [3.63, 3.8) is 0 Å². The Morgan fingerprint density at radius 1 is 1.35 bits per heavy atom. The number of benzene rings is 1. The first-order valence-corrected chi connectivity index (χ1v) is 8.21. The fourth-order valence-corrected chi connectivity index (χ4v) is 3.18. The monoisotopic (exact) mass is 302 g/mol. The Kier molecular flexibility index (Phi) is 6.10. The maximum Gasteiger partial charge on any atom is 0.245 e. The molecule has 0 heterocycles. The number of rotatable bonds is 7. The second kappa shape index (κ2) is 7.15. The smallest absolute Gasteiger partial charge is 0.245 e. The third-order valence-corrected chi connectivity index (χ3v) is 5.18. The summed E-state index contributed by atoms with van der Waals surface area (Å²) in [6.45, 7) is 6.92. The van der Waals surface area contributed by atoms with E-state index in [9.17, 15) is 12.8 Å². The molecule has 0 saturated carbocycles. The Hall–Kier alpha value is -0.980. The number of nitrogens with zero attached hydrogens (tertiary/aromatic N) is 1.